The molecule has 0 unspecified atom stereocenters. The normalized spacial score (nSPS) is 11.9. The van der Waals surface area contributed by atoms with Crippen LogP contribution in [0.15, 0.2) is 205 Å². The van der Waals surface area contributed by atoms with Gasteiger partial charge >= 0.3 is 0 Å². The third-order valence-electron chi connectivity index (χ3n) is 11.8. The average molecular weight is 712 g/mol. The average Bonchev–Trinajstić information content (AvgIpc) is 3.81. The summed E-state index contributed by atoms with van der Waals surface area (Å²) in [4.78, 5) is 0. The first kappa shape index (κ1) is 31.0. The maximum Gasteiger partial charge on any atom is 0.143 e. The lowest BCUT2D eigenvalue weighted by Crippen LogP contribution is -1.96. The van der Waals surface area contributed by atoms with Gasteiger partial charge in [0.25, 0.3) is 0 Å². The van der Waals surface area contributed by atoms with E-state index in [4.69, 9.17) is 4.42 Å². The summed E-state index contributed by atoms with van der Waals surface area (Å²) < 4.78 is 8.94. The molecule has 0 aliphatic heterocycles. The standard InChI is InChI=1S/C54H33NO/c1-2-15-34(16-3-1)52-42-19-4-6-21-44(42)53(45-22-7-5-20-43(45)52)41-26-13-25-38-37(41)24-14-29-49(38)55-48-28-10-8-17-39(48)47-33-35(31-32-50(47)55)36-23-12-27-46-40-18-9-11-30-51(40)56-54(36)46/h1-33H. The topological polar surface area (TPSA) is 18.1 Å². The van der Waals surface area contributed by atoms with Gasteiger partial charge in [-0.3, -0.25) is 0 Å². The maximum absolute atomic E-state index is 6.49. The lowest BCUT2D eigenvalue weighted by Gasteiger charge is -2.19. The van der Waals surface area contributed by atoms with Crippen LogP contribution in [0.25, 0.3) is 115 Å². The second-order valence-corrected chi connectivity index (χ2v) is 14.7. The Bertz CT molecular complexity index is 3470. The van der Waals surface area contributed by atoms with E-state index in [1.54, 1.807) is 0 Å². The van der Waals surface area contributed by atoms with Crippen LogP contribution in [0.1, 0.15) is 0 Å². The van der Waals surface area contributed by atoms with Gasteiger partial charge in [-0.1, -0.05) is 170 Å². The van der Waals surface area contributed by atoms with Crippen molar-refractivity contribution in [3.8, 4) is 39.1 Å². The second-order valence-electron chi connectivity index (χ2n) is 14.7. The number of furan rings is 1. The van der Waals surface area contributed by atoms with Crippen molar-refractivity contribution >= 4 is 76.1 Å². The highest BCUT2D eigenvalue weighted by Crippen LogP contribution is 2.46. The SMILES string of the molecule is c1ccc(-c2c3ccccc3c(-c3cccc4c(-n5c6ccccc6c6cc(-c7cccc8c7oc7ccccc78)ccc65)cccc34)c3ccccc23)cc1. The summed E-state index contributed by atoms with van der Waals surface area (Å²) in [5.74, 6) is 0. The van der Waals surface area contributed by atoms with Crippen molar-refractivity contribution in [2.45, 2.75) is 0 Å². The molecule has 10 aromatic carbocycles. The minimum Gasteiger partial charge on any atom is -0.455 e. The summed E-state index contributed by atoms with van der Waals surface area (Å²) in [5, 5.41) is 12.2. The minimum absolute atomic E-state index is 0.913. The van der Waals surface area contributed by atoms with Crippen LogP contribution in [-0.4, -0.2) is 4.57 Å². The van der Waals surface area contributed by atoms with Gasteiger partial charge in [0.05, 0.1) is 16.7 Å². The van der Waals surface area contributed by atoms with Crippen LogP contribution in [0.5, 0.6) is 0 Å². The molecule has 0 saturated heterocycles. The van der Waals surface area contributed by atoms with Crippen LogP contribution in [0.2, 0.25) is 0 Å². The van der Waals surface area contributed by atoms with Crippen molar-refractivity contribution in [1.29, 1.82) is 0 Å². The van der Waals surface area contributed by atoms with E-state index < -0.39 is 0 Å². The van der Waals surface area contributed by atoms with Crippen molar-refractivity contribution in [2.24, 2.45) is 0 Å². The third kappa shape index (κ3) is 4.44. The number of nitrogens with zero attached hydrogens (tertiary/aromatic N) is 1. The molecule has 2 nitrogen and oxygen atoms in total. The van der Waals surface area contributed by atoms with Gasteiger partial charge in [-0.2, -0.15) is 0 Å². The molecule has 2 heterocycles. The van der Waals surface area contributed by atoms with Crippen LogP contribution in [0.4, 0.5) is 0 Å². The van der Waals surface area contributed by atoms with Gasteiger partial charge in [0.1, 0.15) is 11.2 Å². The monoisotopic (exact) mass is 711 g/mol. The molecule has 0 bridgehead atoms. The van der Waals surface area contributed by atoms with E-state index in [0.29, 0.717) is 0 Å². The van der Waals surface area contributed by atoms with Gasteiger partial charge in [0.2, 0.25) is 0 Å². The Morgan fingerprint density at radius 3 is 1.62 bits per heavy atom. The molecule has 260 valence electrons. The van der Waals surface area contributed by atoms with E-state index in [9.17, 15) is 0 Å². The Hall–Kier alpha value is -7.42. The molecule has 0 N–H and O–H groups in total. The molecule has 0 aliphatic rings. The first-order chi connectivity index (χ1) is 27.8. The highest BCUT2D eigenvalue weighted by molar-refractivity contribution is 6.24. The molecule has 12 aromatic rings. The first-order valence-electron chi connectivity index (χ1n) is 19.3. The van der Waals surface area contributed by atoms with Gasteiger partial charge in [-0.05, 0) is 85.1 Å². The van der Waals surface area contributed by atoms with E-state index in [2.05, 4.69) is 199 Å². The van der Waals surface area contributed by atoms with Gasteiger partial charge in [-0.15, -0.1) is 0 Å². The number of hydrogen-bond acceptors (Lipinski definition) is 1. The molecule has 12 rings (SSSR count). The van der Waals surface area contributed by atoms with E-state index >= 15 is 0 Å². The zero-order chi connectivity index (χ0) is 36.7. The molecule has 0 fully saturated rings. The fourth-order valence-electron chi connectivity index (χ4n) is 9.42. The molecule has 0 aliphatic carbocycles. The summed E-state index contributed by atoms with van der Waals surface area (Å²) in [6.45, 7) is 0. The molecule has 2 aromatic heterocycles. The summed E-state index contributed by atoms with van der Waals surface area (Å²) >= 11 is 0. The van der Waals surface area contributed by atoms with Crippen molar-refractivity contribution < 1.29 is 4.42 Å². The van der Waals surface area contributed by atoms with Gasteiger partial charge in [-0.25, -0.2) is 0 Å². The fraction of sp³-hybridized carbons (Fsp3) is 0. The molecule has 0 saturated carbocycles. The summed E-state index contributed by atoms with van der Waals surface area (Å²) in [6.07, 6.45) is 0. The van der Waals surface area contributed by atoms with Gasteiger partial charge in [0.15, 0.2) is 0 Å². The fourth-order valence-corrected chi connectivity index (χ4v) is 9.42. The summed E-state index contributed by atoms with van der Waals surface area (Å²) in [7, 11) is 0. The van der Waals surface area contributed by atoms with Crippen LogP contribution < -0.4 is 0 Å². The second kappa shape index (κ2) is 12.0. The smallest absolute Gasteiger partial charge is 0.143 e. The van der Waals surface area contributed by atoms with Crippen LogP contribution >= 0.6 is 0 Å². The first-order valence-corrected chi connectivity index (χ1v) is 19.3. The Kier molecular flexibility index (Phi) is 6.66. The Morgan fingerprint density at radius 2 is 0.857 bits per heavy atom. The molecular formula is C54H33NO. The van der Waals surface area contributed by atoms with E-state index in [1.165, 1.54) is 76.4 Å². The van der Waals surface area contributed by atoms with Crippen LogP contribution in [0.3, 0.4) is 0 Å². The molecule has 56 heavy (non-hydrogen) atoms. The van der Waals surface area contributed by atoms with Crippen LogP contribution in [0, 0.1) is 0 Å². The van der Waals surface area contributed by atoms with Crippen molar-refractivity contribution in [3.05, 3.63) is 200 Å². The number of benzene rings is 10. The number of rotatable bonds is 4. The van der Waals surface area contributed by atoms with E-state index in [0.717, 1.165) is 38.8 Å². The van der Waals surface area contributed by atoms with E-state index in [1.807, 2.05) is 6.07 Å². The zero-order valence-corrected chi connectivity index (χ0v) is 30.4. The predicted octanol–water partition coefficient (Wildman–Crippen LogP) is 15.1. The minimum atomic E-state index is 0.913. The Labute approximate surface area is 323 Å². The van der Waals surface area contributed by atoms with Gasteiger partial charge < -0.3 is 8.98 Å². The third-order valence-corrected chi connectivity index (χ3v) is 11.8. The summed E-state index contributed by atoms with van der Waals surface area (Å²) in [5.41, 5.74) is 12.6. The molecule has 0 spiro atoms. The lowest BCUT2D eigenvalue weighted by atomic mass is 9.84. The van der Waals surface area contributed by atoms with Crippen molar-refractivity contribution in [3.63, 3.8) is 0 Å². The van der Waals surface area contributed by atoms with E-state index in [-0.39, 0.29) is 0 Å². The number of fused-ring (bicyclic) bond motifs is 9. The van der Waals surface area contributed by atoms with Crippen molar-refractivity contribution in [1.82, 2.24) is 4.57 Å². The van der Waals surface area contributed by atoms with Crippen LogP contribution in [-0.2, 0) is 0 Å². The number of aromatic nitrogens is 1. The predicted molar refractivity (Wildman–Crippen MR) is 237 cm³/mol. The molecule has 0 atom stereocenters. The Morgan fingerprint density at radius 1 is 0.304 bits per heavy atom. The lowest BCUT2D eigenvalue weighted by molar-refractivity contribution is 0.670. The molecule has 0 radical (unpaired) electrons. The number of para-hydroxylation sites is 3. The van der Waals surface area contributed by atoms with Gasteiger partial charge in [0, 0.05) is 32.5 Å². The highest BCUT2D eigenvalue weighted by atomic mass is 16.3. The maximum atomic E-state index is 6.49. The van der Waals surface area contributed by atoms with Crippen molar-refractivity contribution in [2.75, 3.05) is 0 Å². The molecular weight excluding hydrogens is 679 g/mol. The summed E-state index contributed by atoms with van der Waals surface area (Å²) in [6, 6.07) is 72.7. The molecule has 2 heteroatoms. The zero-order valence-electron chi connectivity index (χ0n) is 30.4. The molecule has 0 amide bonds. The highest BCUT2D eigenvalue weighted by Gasteiger charge is 2.21. The quantitative estimate of drug-likeness (QED) is 0.166. The Balaban J connectivity index is 1.10. The largest absolute Gasteiger partial charge is 0.455 e. The number of hydrogen-bond donors (Lipinski definition) is 0.